The number of phenols is 1. The number of aromatic hydroxyl groups is 1. The molecule has 0 saturated carbocycles. The zero-order valence-corrected chi connectivity index (χ0v) is 7.83. The van der Waals surface area contributed by atoms with Gasteiger partial charge in [0.1, 0.15) is 5.75 Å². The van der Waals surface area contributed by atoms with Gasteiger partial charge in [-0.15, -0.1) is 0 Å². The molecular formula is C10H16N2O. The molecule has 1 aromatic rings. The molecule has 0 aliphatic heterocycles. The molecule has 1 atom stereocenters. The minimum atomic E-state index is 0.303. The van der Waals surface area contributed by atoms with Gasteiger partial charge in [0.15, 0.2) is 0 Å². The van der Waals surface area contributed by atoms with Crippen molar-refractivity contribution >= 4 is 0 Å². The first-order valence-electron chi connectivity index (χ1n) is 4.41. The van der Waals surface area contributed by atoms with Gasteiger partial charge in [0.25, 0.3) is 0 Å². The van der Waals surface area contributed by atoms with Gasteiger partial charge >= 0.3 is 0 Å². The summed E-state index contributed by atoms with van der Waals surface area (Å²) in [6, 6.07) is 7.52. The molecule has 0 fully saturated rings. The molecule has 0 aromatic heterocycles. The van der Waals surface area contributed by atoms with Crippen molar-refractivity contribution in [1.29, 1.82) is 0 Å². The van der Waals surface area contributed by atoms with Gasteiger partial charge in [-0.2, -0.15) is 0 Å². The van der Waals surface area contributed by atoms with Crippen LogP contribution >= 0.6 is 0 Å². The molecule has 0 saturated heterocycles. The van der Waals surface area contributed by atoms with Gasteiger partial charge in [0.2, 0.25) is 0 Å². The lowest BCUT2D eigenvalue weighted by Crippen LogP contribution is -2.35. The molecule has 0 heterocycles. The molecule has 0 bridgehead atoms. The molecule has 0 aliphatic rings. The molecular weight excluding hydrogens is 164 g/mol. The van der Waals surface area contributed by atoms with E-state index in [1.54, 1.807) is 12.1 Å². The minimum Gasteiger partial charge on any atom is -0.508 e. The lowest BCUT2D eigenvalue weighted by molar-refractivity contribution is 0.474. The lowest BCUT2D eigenvalue weighted by Gasteiger charge is -2.13. The van der Waals surface area contributed by atoms with Crippen LogP contribution in [0.5, 0.6) is 5.75 Å². The molecule has 1 aromatic carbocycles. The average molecular weight is 180 g/mol. The van der Waals surface area contributed by atoms with Crippen molar-refractivity contribution in [1.82, 2.24) is 5.32 Å². The second kappa shape index (κ2) is 4.84. The van der Waals surface area contributed by atoms with E-state index in [1.807, 2.05) is 19.2 Å². The summed E-state index contributed by atoms with van der Waals surface area (Å²) in [5.41, 5.74) is 6.73. The quantitative estimate of drug-likeness (QED) is 0.631. The van der Waals surface area contributed by atoms with E-state index in [4.69, 9.17) is 10.8 Å². The molecule has 0 amide bonds. The predicted octanol–water partition coefficient (Wildman–Crippen LogP) is 0.481. The Labute approximate surface area is 78.6 Å². The molecule has 4 N–H and O–H groups in total. The summed E-state index contributed by atoms with van der Waals surface area (Å²) in [7, 11) is 1.90. The zero-order valence-electron chi connectivity index (χ0n) is 7.83. The van der Waals surface area contributed by atoms with Gasteiger partial charge in [0, 0.05) is 12.6 Å². The Kier molecular flexibility index (Phi) is 3.73. The highest BCUT2D eigenvalue weighted by Gasteiger charge is 2.03. The number of hydrogen-bond acceptors (Lipinski definition) is 3. The second-order valence-electron chi connectivity index (χ2n) is 3.09. The van der Waals surface area contributed by atoms with Crippen molar-refractivity contribution in [2.24, 2.45) is 5.73 Å². The first kappa shape index (κ1) is 10.0. The topological polar surface area (TPSA) is 58.3 Å². The highest BCUT2D eigenvalue weighted by Crippen LogP contribution is 2.10. The van der Waals surface area contributed by atoms with Gasteiger partial charge in [0.05, 0.1) is 0 Å². The first-order valence-corrected chi connectivity index (χ1v) is 4.41. The number of phenolic OH excluding ortho intramolecular Hbond substituents is 1. The Bertz CT molecular complexity index is 242. The minimum absolute atomic E-state index is 0.303. The summed E-state index contributed by atoms with van der Waals surface area (Å²) >= 11 is 0. The monoisotopic (exact) mass is 180 g/mol. The van der Waals surface area contributed by atoms with E-state index in [0.717, 1.165) is 6.42 Å². The molecule has 0 radical (unpaired) electrons. The van der Waals surface area contributed by atoms with Crippen molar-refractivity contribution in [3.63, 3.8) is 0 Å². The highest BCUT2D eigenvalue weighted by molar-refractivity contribution is 5.26. The molecule has 0 spiro atoms. The number of nitrogens with two attached hydrogens (primary N) is 1. The fourth-order valence-electron chi connectivity index (χ4n) is 1.22. The number of hydrogen-bond donors (Lipinski definition) is 3. The van der Waals surface area contributed by atoms with E-state index >= 15 is 0 Å². The number of benzene rings is 1. The van der Waals surface area contributed by atoms with Crippen molar-refractivity contribution in [2.75, 3.05) is 13.6 Å². The number of likely N-dealkylation sites (N-methyl/N-ethyl adjacent to an activating group) is 1. The van der Waals surface area contributed by atoms with Crippen LogP contribution in [0, 0.1) is 0 Å². The van der Waals surface area contributed by atoms with Crippen LogP contribution in [0.4, 0.5) is 0 Å². The number of nitrogens with one attached hydrogen (secondary N) is 1. The Hall–Kier alpha value is -1.06. The van der Waals surface area contributed by atoms with Crippen LogP contribution in [0.15, 0.2) is 24.3 Å². The fraction of sp³-hybridized carbons (Fsp3) is 0.400. The largest absolute Gasteiger partial charge is 0.508 e. The maximum absolute atomic E-state index is 9.06. The average Bonchev–Trinajstić information content (AvgIpc) is 2.17. The SMILES string of the molecule is CN[C@H](CN)Cc1ccc(O)cc1. The number of rotatable bonds is 4. The van der Waals surface area contributed by atoms with E-state index in [0.29, 0.717) is 18.3 Å². The Balaban J connectivity index is 2.58. The zero-order chi connectivity index (χ0) is 9.68. The highest BCUT2D eigenvalue weighted by atomic mass is 16.3. The van der Waals surface area contributed by atoms with Crippen LogP contribution in [0.2, 0.25) is 0 Å². The summed E-state index contributed by atoms with van der Waals surface area (Å²) in [6.07, 6.45) is 0.896. The standard InChI is InChI=1S/C10H16N2O/c1-12-9(7-11)6-8-2-4-10(13)5-3-8/h2-5,9,12-13H,6-7,11H2,1H3/t9-/m0/s1. The van der Waals surface area contributed by atoms with Crippen LogP contribution in [0.1, 0.15) is 5.56 Å². The third-order valence-electron chi connectivity index (χ3n) is 2.11. The van der Waals surface area contributed by atoms with Gasteiger partial charge in [-0.1, -0.05) is 12.1 Å². The first-order chi connectivity index (χ1) is 6.26. The van der Waals surface area contributed by atoms with Crippen LogP contribution in [-0.4, -0.2) is 24.7 Å². The van der Waals surface area contributed by atoms with Crippen molar-refractivity contribution < 1.29 is 5.11 Å². The van der Waals surface area contributed by atoms with Crippen molar-refractivity contribution in [2.45, 2.75) is 12.5 Å². The normalized spacial score (nSPS) is 12.8. The Morgan fingerprint density at radius 3 is 2.46 bits per heavy atom. The lowest BCUT2D eigenvalue weighted by atomic mass is 10.1. The van der Waals surface area contributed by atoms with Gasteiger partial charge in [-0.05, 0) is 31.2 Å². The van der Waals surface area contributed by atoms with E-state index in [-0.39, 0.29) is 0 Å². The third kappa shape index (κ3) is 3.05. The van der Waals surface area contributed by atoms with Crippen molar-refractivity contribution in [3.8, 4) is 5.75 Å². The van der Waals surface area contributed by atoms with Gasteiger partial charge in [-0.3, -0.25) is 0 Å². The van der Waals surface area contributed by atoms with E-state index in [1.165, 1.54) is 5.56 Å². The van der Waals surface area contributed by atoms with Crippen LogP contribution in [0.3, 0.4) is 0 Å². The Morgan fingerprint density at radius 2 is 2.00 bits per heavy atom. The van der Waals surface area contributed by atoms with E-state index < -0.39 is 0 Å². The van der Waals surface area contributed by atoms with Crippen LogP contribution < -0.4 is 11.1 Å². The smallest absolute Gasteiger partial charge is 0.115 e. The van der Waals surface area contributed by atoms with Gasteiger partial charge in [-0.25, -0.2) is 0 Å². The summed E-state index contributed by atoms with van der Waals surface area (Å²) in [4.78, 5) is 0. The predicted molar refractivity (Wildman–Crippen MR) is 53.7 cm³/mol. The molecule has 0 aliphatic carbocycles. The maximum atomic E-state index is 9.06. The van der Waals surface area contributed by atoms with E-state index in [9.17, 15) is 0 Å². The fourth-order valence-corrected chi connectivity index (χ4v) is 1.22. The Morgan fingerprint density at radius 1 is 1.38 bits per heavy atom. The second-order valence-corrected chi connectivity index (χ2v) is 3.09. The van der Waals surface area contributed by atoms with Gasteiger partial charge < -0.3 is 16.2 Å². The summed E-state index contributed by atoms with van der Waals surface area (Å²) in [5.74, 6) is 0.303. The summed E-state index contributed by atoms with van der Waals surface area (Å²) in [5, 5.41) is 12.2. The molecule has 72 valence electrons. The van der Waals surface area contributed by atoms with Crippen molar-refractivity contribution in [3.05, 3.63) is 29.8 Å². The van der Waals surface area contributed by atoms with Crippen LogP contribution in [-0.2, 0) is 6.42 Å². The maximum Gasteiger partial charge on any atom is 0.115 e. The van der Waals surface area contributed by atoms with E-state index in [2.05, 4.69) is 5.32 Å². The molecule has 3 heteroatoms. The van der Waals surface area contributed by atoms with Crippen LogP contribution in [0.25, 0.3) is 0 Å². The summed E-state index contributed by atoms with van der Waals surface area (Å²) < 4.78 is 0. The summed E-state index contributed by atoms with van der Waals surface area (Å²) in [6.45, 7) is 0.622. The molecule has 13 heavy (non-hydrogen) atoms. The molecule has 0 unspecified atom stereocenters. The molecule has 3 nitrogen and oxygen atoms in total. The third-order valence-corrected chi connectivity index (χ3v) is 2.11. The molecule has 1 rings (SSSR count).